The van der Waals surface area contributed by atoms with Crippen LogP contribution in [0.2, 0.25) is 5.15 Å². The Balaban J connectivity index is 1.63. The van der Waals surface area contributed by atoms with E-state index in [1.807, 2.05) is 0 Å². The lowest BCUT2D eigenvalue weighted by Crippen LogP contribution is -2.14. The molecule has 27 heavy (non-hydrogen) atoms. The number of rotatable bonds is 5. The molecule has 0 saturated carbocycles. The zero-order valence-electron chi connectivity index (χ0n) is 14.4. The van der Waals surface area contributed by atoms with Crippen LogP contribution in [-0.4, -0.2) is 29.3 Å². The van der Waals surface area contributed by atoms with Crippen LogP contribution in [0, 0.1) is 0 Å². The fourth-order valence-electron chi connectivity index (χ4n) is 2.47. The largest absolute Gasteiger partial charge is 0.454 e. The monoisotopic (exact) mass is 382 g/mol. The van der Waals surface area contributed by atoms with Crippen molar-refractivity contribution in [2.75, 3.05) is 11.9 Å². The maximum absolute atomic E-state index is 12.2. The third-order valence-corrected chi connectivity index (χ3v) is 3.96. The molecule has 6 nitrogen and oxygen atoms in total. The van der Waals surface area contributed by atoms with Crippen LogP contribution >= 0.6 is 11.6 Å². The fraction of sp³-hybridized carbons (Fsp3) is 0.100. The lowest BCUT2D eigenvalue weighted by Gasteiger charge is -2.07. The van der Waals surface area contributed by atoms with Gasteiger partial charge in [-0.15, -0.1) is 0 Å². The first-order valence-corrected chi connectivity index (χ1v) is 8.44. The Labute approximate surface area is 160 Å². The summed E-state index contributed by atoms with van der Waals surface area (Å²) in [7, 11) is 0. The highest BCUT2D eigenvalue weighted by Crippen LogP contribution is 2.18. The van der Waals surface area contributed by atoms with E-state index in [1.54, 1.807) is 54.6 Å². The van der Waals surface area contributed by atoms with Gasteiger partial charge in [-0.3, -0.25) is 9.59 Å². The van der Waals surface area contributed by atoms with E-state index in [0.717, 1.165) is 5.39 Å². The van der Waals surface area contributed by atoms with Crippen LogP contribution < -0.4 is 5.32 Å². The Morgan fingerprint density at radius 2 is 1.70 bits per heavy atom. The van der Waals surface area contributed by atoms with E-state index in [1.165, 1.54) is 6.92 Å². The quantitative estimate of drug-likeness (QED) is 0.411. The number of nitrogens with one attached hydrogen (secondary N) is 1. The number of ketones is 1. The molecule has 0 unspecified atom stereocenters. The molecule has 0 aliphatic carbocycles. The van der Waals surface area contributed by atoms with Crippen LogP contribution in [0.5, 0.6) is 0 Å². The molecule has 3 aromatic rings. The Bertz CT molecular complexity index is 1030. The molecule has 1 aromatic heterocycles. The summed E-state index contributed by atoms with van der Waals surface area (Å²) < 4.78 is 5.11. The molecule has 0 aliphatic rings. The van der Waals surface area contributed by atoms with Gasteiger partial charge in [-0.25, -0.2) is 9.78 Å². The molecule has 1 heterocycles. The normalized spacial score (nSPS) is 10.4. The molecular formula is C20H15ClN2O4. The van der Waals surface area contributed by atoms with Gasteiger partial charge in [-0.05, 0) is 54.6 Å². The number of halogens is 1. The SMILES string of the molecule is CC(=O)Nc1ccc(C(=O)COC(=O)c2ccc3nc(Cl)ccc3c2)cc1. The highest BCUT2D eigenvalue weighted by molar-refractivity contribution is 6.29. The minimum Gasteiger partial charge on any atom is -0.454 e. The van der Waals surface area contributed by atoms with Crippen LogP contribution in [-0.2, 0) is 9.53 Å². The summed E-state index contributed by atoms with van der Waals surface area (Å²) in [4.78, 5) is 39.5. The van der Waals surface area contributed by atoms with Crippen molar-refractivity contribution in [3.8, 4) is 0 Å². The predicted octanol–water partition coefficient (Wildman–Crippen LogP) is 3.89. The summed E-state index contributed by atoms with van der Waals surface area (Å²) in [5, 5.41) is 3.72. The lowest BCUT2D eigenvalue weighted by molar-refractivity contribution is -0.114. The molecule has 3 rings (SSSR count). The second-order valence-corrected chi connectivity index (χ2v) is 6.19. The summed E-state index contributed by atoms with van der Waals surface area (Å²) in [6.07, 6.45) is 0. The van der Waals surface area contributed by atoms with Crippen molar-refractivity contribution in [1.29, 1.82) is 0 Å². The van der Waals surface area contributed by atoms with Gasteiger partial charge in [0, 0.05) is 23.6 Å². The first kappa shape index (κ1) is 18.5. The topological polar surface area (TPSA) is 85.4 Å². The van der Waals surface area contributed by atoms with Gasteiger partial charge in [0.15, 0.2) is 12.4 Å². The van der Waals surface area contributed by atoms with Crippen LogP contribution in [0.1, 0.15) is 27.6 Å². The molecule has 0 radical (unpaired) electrons. The third-order valence-electron chi connectivity index (χ3n) is 3.75. The minimum absolute atomic E-state index is 0.198. The van der Waals surface area contributed by atoms with E-state index >= 15 is 0 Å². The van der Waals surface area contributed by atoms with E-state index in [4.69, 9.17) is 16.3 Å². The van der Waals surface area contributed by atoms with Crippen molar-refractivity contribution in [3.05, 3.63) is 70.9 Å². The average molecular weight is 383 g/mol. The molecule has 7 heteroatoms. The van der Waals surface area contributed by atoms with Crippen LogP contribution in [0.3, 0.4) is 0 Å². The standard InChI is InChI=1S/C20H15ClN2O4/c1-12(24)22-16-6-2-13(3-7-16)18(25)11-27-20(26)15-4-8-17-14(10-15)5-9-19(21)23-17/h2-10H,11H2,1H3,(H,22,24). The molecule has 136 valence electrons. The number of anilines is 1. The Morgan fingerprint density at radius 3 is 2.41 bits per heavy atom. The smallest absolute Gasteiger partial charge is 0.338 e. The first-order valence-electron chi connectivity index (χ1n) is 8.07. The molecule has 0 bridgehead atoms. The number of ether oxygens (including phenoxy) is 1. The minimum atomic E-state index is -0.602. The van der Waals surface area contributed by atoms with E-state index in [9.17, 15) is 14.4 Å². The maximum atomic E-state index is 12.2. The van der Waals surface area contributed by atoms with Gasteiger partial charge in [-0.1, -0.05) is 11.6 Å². The van der Waals surface area contributed by atoms with E-state index in [-0.39, 0.29) is 18.3 Å². The highest BCUT2D eigenvalue weighted by Gasteiger charge is 2.13. The van der Waals surface area contributed by atoms with Crippen LogP contribution in [0.4, 0.5) is 5.69 Å². The van der Waals surface area contributed by atoms with Crippen molar-refractivity contribution < 1.29 is 19.1 Å². The summed E-state index contributed by atoms with van der Waals surface area (Å²) in [6, 6.07) is 14.6. The third kappa shape index (κ3) is 4.68. The number of hydrogen-bond acceptors (Lipinski definition) is 5. The zero-order valence-corrected chi connectivity index (χ0v) is 15.1. The number of amides is 1. The molecule has 0 fully saturated rings. The number of pyridine rings is 1. The Kier molecular flexibility index (Phi) is 5.47. The molecular weight excluding hydrogens is 368 g/mol. The average Bonchev–Trinajstić information content (AvgIpc) is 2.65. The van der Waals surface area contributed by atoms with Gasteiger partial charge in [0.2, 0.25) is 5.91 Å². The number of carbonyl (C=O) groups excluding carboxylic acids is 3. The van der Waals surface area contributed by atoms with Crippen molar-refractivity contribution in [3.63, 3.8) is 0 Å². The number of esters is 1. The molecule has 2 aromatic carbocycles. The number of aromatic nitrogens is 1. The van der Waals surface area contributed by atoms with Gasteiger partial charge in [0.1, 0.15) is 5.15 Å². The highest BCUT2D eigenvalue weighted by atomic mass is 35.5. The maximum Gasteiger partial charge on any atom is 0.338 e. The summed E-state index contributed by atoms with van der Waals surface area (Å²) in [5.41, 5.74) is 1.95. The fourth-order valence-corrected chi connectivity index (χ4v) is 2.62. The summed E-state index contributed by atoms with van der Waals surface area (Å²) >= 11 is 5.84. The predicted molar refractivity (Wildman–Crippen MR) is 102 cm³/mol. The van der Waals surface area contributed by atoms with Crippen molar-refractivity contribution in [1.82, 2.24) is 4.98 Å². The first-order chi connectivity index (χ1) is 12.9. The number of Topliss-reactive ketones (excluding diaryl/α,β-unsaturated/α-hetero) is 1. The molecule has 0 aliphatic heterocycles. The Hall–Kier alpha value is -3.25. The lowest BCUT2D eigenvalue weighted by atomic mass is 10.1. The second kappa shape index (κ2) is 7.97. The number of hydrogen-bond donors (Lipinski definition) is 1. The number of carbonyl (C=O) groups is 3. The van der Waals surface area contributed by atoms with Crippen molar-refractivity contribution in [2.45, 2.75) is 6.92 Å². The van der Waals surface area contributed by atoms with E-state index in [0.29, 0.717) is 27.5 Å². The van der Waals surface area contributed by atoms with Crippen LogP contribution in [0.15, 0.2) is 54.6 Å². The van der Waals surface area contributed by atoms with Gasteiger partial charge >= 0.3 is 5.97 Å². The van der Waals surface area contributed by atoms with Gasteiger partial charge in [0.25, 0.3) is 0 Å². The van der Waals surface area contributed by atoms with Gasteiger partial charge < -0.3 is 10.1 Å². The number of nitrogens with zero attached hydrogens (tertiary/aromatic N) is 1. The number of benzene rings is 2. The van der Waals surface area contributed by atoms with Gasteiger partial charge in [0.05, 0.1) is 11.1 Å². The molecule has 0 saturated heterocycles. The second-order valence-electron chi connectivity index (χ2n) is 5.80. The zero-order chi connectivity index (χ0) is 19.4. The molecule has 1 amide bonds. The number of fused-ring (bicyclic) bond motifs is 1. The van der Waals surface area contributed by atoms with Crippen LogP contribution in [0.25, 0.3) is 10.9 Å². The molecule has 1 N–H and O–H groups in total. The van der Waals surface area contributed by atoms with E-state index < -0.39 is 5.97 Å². The summed E-state index contributed by atoms with van der Waals surface area (Å²) in [5.74, 6) is -1.14. The van der Waals surface area contributed by atoms with E-state index in [2.05, 4.69) is 10.3 Å². The molecule has 0 spiro atoms. The van der Waals surface area contributed by atoms with Gasteiger partial charge in [-0.2, -0.15) is 0 Å². The molecule has 0 atom stereocenters. The van der Waals surface area contributed by atoms with Crippen molar-refractivity contribution >= 4 is 45.9 Å². The summed E-state index contributed by atoms with van der Waals surface area (Å²) in [6.45, 7) is 1.02. The van der Waals surface area contributed by atoms with Crippen molar-refractivity contribution in [2.24, 2.45) is 0 Å². The Morgan fingerprint density at radius 1 is 1.00 bits per heavy atom.